The van der Waals surface area contributed by atoms with E-state index in [1.54, 1.807) is 36.3 Å². The van der Waals surface area contributed by atoms with Gasteiger partial charge in [-0.1, -0.05) is 42.5 Å². The molecule has 2 heterocycles. The van der Waals surface area contributed by atoms with Crippen LogP contribution in [0.15, 0.2) is 36.5 Å². The maximum Gasteiger partial charge on any atom is 0.258 e. The van der Waals surface area contributed by atoms with E-state index in [0.717, 1.165) is 30.0 Å². The molecule has 8 nitrogen and oxygen atoms in total. The molecule has 0 spiro atoms. The highest BCUT2D eigenvalue weighted by Crippen LogP contribution is 2.34. The zero-order chi connectivity index (χ0) is 25.7. The summed E-state index contributed by atoms with van der Waals surface area (Å²) in [4.78, 5) is 28.0. The van der Waals surface area contributed by atoms with E-state index in [1.807, 2.05) is 19.1 Å². The standard InChI is InChI=1S/C26H30Cl2N6O2/c1-16-12-23(33-26(30-16)34(2)10-11-35)32-22-15-19(8-9-29-22)31-25(36)24-20(27)13-18(14-21(24)28)5-3-4-17-6-7-17/h8-9,12-15,17,35H,3-7,10-11H2,1-2H3,(H2,29,30,31,32,33,36). The number of amides is 1. The number of carbonyl (C=O) groups excluding carboxylic acids is 1. The Morgan fingerprint density at radius 2 is 1.89 bits per heavy atom. The number of carbonyl (C=O) groups is 1. The molecule has 1 aliphatic carbocycles. The number of aromatic nitrogens is 3. The van der Waals surface area contributed by atoms with E-state index < -0.39 is 5.91 Å². The first-order valence-corrected chi connectivity index (χ1v) is 12.8. The summed E-state index contributed by atoms with van der Waals surface area (Å²) in [5.41, 5.74) is 2.58. The van der Waals surface area contributed by atoms with Crippen LogP contribution in [0, 0.1) is 12.8 Å². The first kappa shape index (κ1) is 26.1. The molecule has 3 aromatic rings. The van der Waals surface area contributed by atoms with Gasteiger partial charge in [-0.05, 0) is 49.4 Å². The van der Waals surface area contributed by atoms with Gasteiger partial charge in [-0.25, -0.2) is 9.97 Å². The molecule has 0 aliphatic heterocycles. The Bertz CT molecular complexity index is 1210. The number of aliphatic hydroxyl groups is 1. The van der Waals surface area contributed by atoms with E-state index in [9.17, 15) is 9.90 Å². The summed E-state index contributed by atoms with van der Waals surface area (Å²) in [6, 6.07) is 8.83. The fourth-order valence-corrected chi connectivity index (χ4v) is 4.63. The van der Waals surface area contributed by atoms with Gasteiger partial charge in [-0.15, -0.1) is 0 Å². The van der Waals surface area contributed by atoms with E-state index in [0.29, 0.717) is 39.9 Å². The van der Waals surface area contributed by atoms with E-state index in [1.165, 1.54) is 19.3 Å². The van der Waals surface area contributed by atoms with Gasteiger partial charge in [-0.2, -0.15) is 4.98 Å². The minimum absolute atomic E-state index is 0.00293. The van der Waals surface area contributed by atoms with Gasteiger partial charge in [0, 0.05) is 43.3 Å². The third-order valence-electron chi connectivity index (χ3n) is 6.00. The zero-order valence-corrected chi connectivity index (χ0v) is 21.9. The van der Waals surface area contributed by atoms with Crippen LogP contribution >= 0.6 is 23.2 Å². The molecule has 0 unspecified atom stereocenters. The quantitative estimate of drug-likeness (QED) is 0.295. The number of anilines is 4. The molecule has 0 saturated heterocycles. The second-order valence-electron chi connectivity index (χ2n) is 9.12. The Morgan fingerprint density at radius 1 is 1.14 bits per heavy atom. The van der Waals surface area contributed by atoms with Crippen molar-refractivity contribution in [2.75, 3.05) is 35.7 Å². The van der Waals surface area contributed by atoms with Gasteiger partial charge >= 0.3 is 0 Å². The van der Waals surface area contributed by atoms with Crippen molar-refractivity contribution < 1.29 is 9.90 Å². The van der Waals surface area contributed by atoms with Crippen LogP contribution in [0.3, 0.4) is 0 Å². The first-order valence-electron chi connectivity index (χ1n) is 12.0. The van der Waals surface area contributed by atoms with E-state index in [-0.39, 0.29) is 12.2 Å². The van der Waals surface area contributed by atoms with Crippen LogP contribution in [-0.4, -0.2) is 46.2 Å². The van der Waals surface area contributed by atoms with Gasteiger partial charge in [0.15, 0.2) is 0 Å². The lowest BCUT2D eigenvalue weighted by Gasteiger charge is -2.17. The Hall–Kier alpha value is -2.94. The fraction of sp³-hybridized carbons (Fsp3) is 0.385. The second kappa shape index (κ2) is 11.9. The molecule has 10 heteroatoms. The van der Waals surface area contributed by atoms with Gasteiger partial charge in [0.05, 0.1) is 22.2 Å². The lowest BCUT2D eigenvalue weighted by Crippen LogP contribution is -2.23. The van der Waals surface area contributed by atoms with Crippen LogP contribution < -0.4 is 15.5 Å². The Balaban J connectivity index is 1.44. The predicted molar refractivity (Wildman–Crippen MR) is 145 cm³/mol. The van der Waals surface area contributed by atoms with Gasteiger partial charge in [-0.3, -0.25) is 4.79 Å². The summed E-state index contributed by atoms with van der Waals surface area (Å²) in [6.45, 7) is 2.27. The average Bonchev–Trinajstić information content (AvgIpc) is 3.63. The topological polar surface area (TPSA) is 103 Å². The smallest absolute Gasteiger partial charge is 0.258 e. The number of hydrogen-bond donors (Lipinski definition) is 3. The minimum atomic E-state index is -0.391. The van der Waals surface area contributed by atoms with Gasteiger partial charge in [0.25, 0.3) is 5.91 Å². The van der Waals surface area contributed by atoms with Crippen molar-refractivity contribution in [3.8, 4) is 0 Å². The minimum Gasteiger partial charge on any atom is -0.395 e. The molecule has 3 N–H and O–H groups in total. The van der Waals surface area contributed by atoms with Gasteiger partial charge in [0.2, 0.25) is 5.95 Å². The van der Waals surface area contributed by atoms with Crippen LogP contribution in [0.2, 0.25) is 10.0 Å². The Morgan fingerprint density at radius 3 is 2.58 bits per heavy atom. The third-order valence-corrected chi connectivity index (χ3v) is 6.59. The summed E-state index contributed by atoms with van der Waals surface area (Å²) >= 11 is 12.9. The normalized spacial score (nSPS) is 12.9. The highest BCUT2D eigenvalue weighted by molar-refractivity contribution is 6.40. The number of halogens is 2. The molecule has 1 fully saturated rings. The molecule has 0 radical (unpaired) electrons. The molecule has 2 aromatic heterocycles. The van der Waals surface area contributed by atoms with Gasteiger partial charge in [0.1, 0.15) is 11.6 Å². The molecule has 1 aromatic carbocycles. The van der Waals surface area contributed by atoms with Crippen LogP contribution in [0.1, 0.15) is 47.3 Å². The van der Waals surface area contributed by atoms with E-state index >= 15 is 0 Å². The summed E-state index contributed by atoms with van der Waals surface area (Å²) < 4.78 is 0. The van der Waals surface area contributed by atoms with Crippen LogP contribution in [-0.2, 0) is 6.42 Å². The highest BCUT2D eigenvalue weighted by Gasteiger charge is 2.21. The summed E-state index contributed by atoms with van der Waals surface area (Å²) in [5, 5.41) is 15.9. The number of nitrogens with one attached hydrogen (secondary N) is 2. The zero-order valence-electron chi connectivity index (χ0n) is 20.4. The van der Waals surface area contributed by atoms with Crippen molar-refractivity contribution in [2.24, 2.45) is 5.92 Å². The number of hydrogen-bond acceptors (Lipinski definition) is 7. The molecular formula is C26H30Cl2N6O2. The molecule has 190 valence electrons. The number of aliphatic hydroxyl groups excluding tert-OH is 1. The van der Waals surface area contributed by atoms with Crippen LogP contribution in [0.5, 0.6) is 0 Å². The number of nitrogens with zero attached hydrogens (tertiary/aromatic N) is 4. The molecule has 1 amide bonds. The summed E-state index contributed by atoms with van der Waals surface area (Å²) in [7, 11) is 1.81. The number of benzene rings is 1. The second-order valence-corrected chi connectivity index (χ2v) is 9.93. The average molecular weight is 529 g/mol. The lowest BCUT2D eigenvalue weighted by molar-refractivity contribution is 0.102. The summed E-state index contributed by atoms with van der Waals surface area (Å²) in [6.07, 6.45) is 7.49. The number of aryl methyl sites for hydroxylation is 2. The van der Waals surface area contributed by atoms with Crippen molar-refractivity contribution >= 4 is 52.4 Å². The molecular weight excluding hydrogens is 499 g/mol. The van der Waals surface area contributed by atoms with E-state index in [4.69, 9.17) is 23.2 Å². The van der Waals surface area contributed by atoms with Crippen molar-refractivity contribution in [1.82, 2.24) is 15.0 Å². The predicted octanol–water partition coefficient (Wildman–Crippen LogP) is 5.64. The molecule has 1 aliphatic rings. The monoisotopic (exact) mass is 528 g/mol. The first-order chi connectivity index (χ1) is 17.3. The number of rotatable bonds is 11. The lowest BCUT2D eigenvalue weighted by atomic mass is 10.0. The number of pyridine rings is 1. The van der Waals surface area contributed by atoms with Crippen molar-refractivity contribution in [1.29, 1.82) is 0 Å². The molecule has 4 rings (SSSR count). The SMILES string of the molecule is Cc1cc(Nc2cc(NC(=O)c3c(Cl)cc(CCCC4CC4)cc3Cl)ccn2)nc(N(C)CCO)n1. The Labute approximate surface area is 221 Å². The molecule has 36 heavy (non-hydrogen) atoms. The molecule has 1 saturated carbocycles. The maximum atomic E-state index is 13.0. The largest absolute Gasteiger partial charge is 0.395 e. The van der Waals surface area contributed by atoms with Gasteiger partial charge < -0.3 is 20.6 Å². The van der Waals surface area contributed by atoms with Crippen LogP contribution in [0.4, 0.5) is 23.3 Å². The van der Waals surface area contributed by atoms with Crippen molar-refractivity contribution in [3.63, 3.8) is 0 Å². The highest BCUT2D eigenvalue weighted by atomic mass is 35.5. The third kappa shape index (κ3) is 7.06. The Kier molecular flexibility index (Phi) is 8.61. The maximum absolute atomic E-state index is 13.0. The number of likely N-dealkylation sites (N-methyl/N-ethyl adjacent to an activating group) is 1. The van der Waals surface area contributed by atoms with E-state index in [2.05, 4.69) is 25.6 Å². The summed E-state index contributed by atoms with van der Waals surface area (Å²) in [5.74, 6) is 2.01. The van der Waals surface area contributed by atoms with Crippen LogP contribution in [0.25, 0.3) is 0 Å². The fourth-order valence-electron chi connectivity index (χ4n) is 3.93. The molecule has 0 atom stereocenters. The van der Waals surface area contributed by atoms with Crippen molar-refractivity contribution in [2.45, 2.75) is 39.0 Å². The van der Waals surface area contributed by atoms with Crippen molar-refractivity contribution in [3.05, 3.63) is 63.4 Å². The molecule has 0 bridgehead atoms.